The summed E-state index contributed by atoms with van der Waals surface area (Å²) in [5.74, 6) is 0.863. The number of hydrogen-bond acceptors (Lipinski definition) is 6. The van der Waals surface area contributed by atoms with E-state index in [1.54, 1.807) is 24.3 Å². The highest BCUT2D eigenvalue weighted by atomic mass is 32.2. The molecule has 0 amide bonds. The number of nitro groups is 1. The van der Waals surface area contributed by atoms with Crippen LogP contribution < -0.4 is 21.3 Å². The van der Waals surface area contributed by atoms with Gasteiger partial charge in [-0.25, -0.2) is 18.2 Å². The van der Waals surface area contributed by atoms with E-state index >= 15 is 0 Å². The van der Waals surface area contributed by atoms with Crippen molar-refractivity contribution in [1.29, 1.82) is 0 Å². The average Bonchev–Trinajstić information content (AvgIpc) is 3.33. The highest BCUT2D eigenvalue weighted by molar-refractivity contribution is 7.89. The molecular weight excluding hydrogens is 436 g/mol. The van der Waals surface area contributed by atoms with Crippen molar-refractivity contribution in [3.63, 3.8) is 0 Å². The van der Waals surface area contributed by atoms with Gasteiger partial charge in [0, 0.05) is 17.7 Å². The van der Waals surface area contributed by atoms with Crippen LogP contribution in [-0.4, -0.2) is 23.1 Å². The van der Waals surface area contributed by atoms with E-state index in [0.29, 0.717) is 28.1 Å². The van der Waals surface area contributed by atoms with Crippen molar-refractivity contribution in [3.8, 4) is 17.0 Å². The number of H-pyrrole nitrogens is 1. The molecule has 0 aliphatic rings. The van der Waals surface area contributed by atoms with Gasteiger partial charge in [0.05, 0.1) is 26.1 Å². The molecule has 2 heterocycles. The van der Waals surface area contributed by atoms with Crippen LogP contribution in [0.15, 0.2) is 74.8 Å². The Morgan fingerprint density at radius 1 is 1.06 bits per heavy atom. The maximum absolute atomic E-state index is 12.9. The molecule has 2 aromatic carbocycles. The highest BCUT2D eigenvalue weighted by Gasteiger charge is 2.11. The second-order valence-corrected chi connectivity index (χ2v) is 8.40. The van der Waals surface area contributed by atoms with Crippen LogP contribution in [0.4, 0.5) is 5.69 Å². The third-order valence-electron chi connectivity index (χ3n) is 4.70. The van der Waals surface area contributed by atoms with Gasteiger partial charge < -0.3 is 4.42 Å². The van der Waals surface area contributed by atoms with E-state index < -0.39 is 20.5 Å². The number of nitrogens with zero attached hydrogens (tertiary/aromatic N) is 2. The summed E-state index contributed by atoms with van der Waals surface area (Å²) in [7, 11) is -3.84. The normalized spacial score (nSPS) is 12.2. The Bertz CT molecular complexity index is 1590. The molecule has 0 unspecified atom stereocenters. The van der Waals surface area contributed by atoms with Gasteiger partial charge in [0.15, 0.2) is 0 Å². The summed E-state index contributed by atoms with van der Waals surface area (Å²) in [6, 6.07) is 14.7. The molecule has 0 aliphatic heterocycles. The second kappa shape index (κ2) is 7.80. The van der Waals surface area contributed by atoms with Crippen LogP contribution in [0.2, 0.25) is 0 Å². The van der Waals surface area contributed by atoms with Gasteiger partial charge in [0.2, 0.25) is 10.0 Å². The molecule has 10 nitrogen and oxygen atoms in total. The molecule has 0 saturated carbocycles. The molecule has 0 saturated heterocycles. The summed E-state index contributed by atoms with van der Waals surface area (Å²) < 4.78 is 29.8. The van der Waals surface area contributed by atoms with Crippen molar-refractivity contribution < 1.29 is 17.8 Å². The molecule has 4 aromatic rings. The maximum atomic E-state index is 12.9. The molecule has 11 heteroatoms. The van der Waals surface area contributed by atoms with Gasteiger partial charge in [0.25, 0.3) is 11.2 Å². The summed E-state index contributed by atoms with van der Waals surface area (Å²) in [4.78, 5) is 23.1. The number of non-ortho nitro benzene ring substituents is 1. The summed E-state index contributed by atoms with van der Waals surface area (Å²) >= 11 is 0. The smallest absolute Gasteiger partial charge is 0.279 e. The fourth-order valence-corrected chi connectivity index (χ4v) is 3.60. The van der Waals surface area contributed by atoms with Gasteiger partial charge in [-0.3, -0.25) is 20.0 Å². The standard InChI is InChI=1S/C21H16N4O6S/c1-13-19(21(26)24(23-13)15-6-9-18(10-7-15)32(22,29)30)12-17-8-11-20(31-17)14-2-4-16(5-3-14)25(27)28/h2-12,23H,1H2,(H2,22,29,30)/b19-12-. The highest BCUT2D eigenvalue weighted by Crippen LogP contribution is 2.24. The maximum Gasteiger partial charge on any atom is 0.279 e. The zero-order valence-electron chi connectivity index (χ0n) is 16.4. The Morgan fingerprint density at radius 3 is 2.31 bits per heavy atom. The molecule has 162 valence electrons. The van der Waals surface area contributed by atoms with Gasteiger partial charge >= 0.3 is 0 Å². The Labute approximate surface area is 180 Å². The molecule has 0 radical (unpaired) electrons. The molecule has 4 rings (SSSR count). The van der Waals surface area contributed by atoms with E-state index in [0.717, 1.165) is 0 Å². The van der Waals surface area contributed by atoms with Crippen LogP contribution in [0.1, 0.15) is 5.76 Å². The first-order valence-electron chi connectivity index (χ1n) is 9.13. The molecule has 0 fully saturated rings. The molecule has 0 aliphatic carbocycles. The molecule has 3 N–H and O–H groups in total. The molecule has 32 heavy (non-hydrogen) atoms. The fraction of sp³-hybridized carbons (Fsp3) is 0. The van der Waals surface area contributed by atoms with Crippen molar-refractivity contribution in [1.82, 2.24) is 9.78 Å². The Balaban J connectivity index is 1.69. The molecule has 2 aromatic heterocycles. The number of benzene rings is 2. The number of sulfonamides is 1. The third-order valence-corrected chi connectivity index (χ3v) is 5.63. The topological polar surface area (TPSA) is 154 Å². The van der Waals surface area contributed by atoms with Crippen molar-refractivity contribution in [2.45, 2.75) is 4.90 Å². The van der Waals surface area contributed by atoms with E-state index in [2.05, 4.69) is 11.7 Å². The van der Waals surface area contributed by atoms with Crippen molar-refractivity contribution in [2.24, 2.45) is 5.14 Å². The quantitative estimate of drug-likeness (QED) is 0.343. The Kier molecular flexibility index (Phi) is 5.12. The van der Waals surface area contributed by atoms with Gasteiger partial charge in [-0.1, -0.05) is 6.58 Å². The fourth-order valence-electron chi connectivity index (χ4n) is 3.09. The second-order valence-electron chi connectivity index (χ2n) is 6.83. The van der Waals surface area contributed by atoms with Crippen LogP contribution in [0, 0.1) is 10.1 Å². The first-order valence-corrected chi connectivity index (χ1v) is 10.7. The SMILES string of the molecule is C=c1[nH]n(-c2ccc(S(N)(=O)=O)cc2)c(=O)/c1=C\c1ccc(-c2ccc([N+](=O)[O-])cc2)o1. The lowest BCUT2D eigenvalue weighted by molar-refractivity contribution is -0.384. The zero-order valence-corrected chi connectivity index (χ0v) is 17.2. The predicted octanol–water partition coefficient (Wildman–Crippen LogP) is 1.22. The van der Waals surface area contributed by atoms with Gasteiger partial charge in [-0.05, 0) is 54.6 Å². The minimum Gasteiger partial charge on any atom is -0.457 e. The Morgan fingerprint density at radius 2 is 1.72 bits per heavy atom. The minimum atomic E-state index is -3.84. The monoisotopic (exact) mass is 452 g/mol. The number of aromatic nitrogens is 2. The summed E-state index contributed by atoms with van der Waals surface area (Å²) in [6.45, 7) is 3.84. The summed E-state index contributed by atoms with van der Waals surface area (Å²) in [6.07, 6.45) is 1.52. The van der Waals surface area contributed by atoms with Gasteiger partial charge in [-0.2, -0.15) is 0 Å². The van der Waals surface area contributed by atoms with E-state index in [1.165, 1.54) is 47.2 Å². The summed E-state index contributed by atoms with van der Waals surface area (Å²) in [5.41, 5.74) is 0.606. The zero-order chi connectivity index (χ0) is 23.0. The molecule has 0 atom stereocenters. The van der Waals surface area contributed by atoms with Crippen LogP contribution >= 0.6 is 0 Å². The number of furan rings is 1. The third kappa shape index (κ3) is 4.02. The first-order chi connectivity index (χ1) is 15.1. The van der Waals surface area contributed by atoms with Crippen LogP contribution in [0.5, 0.6) is 0 Å². The Hall–Kier alpha value is -4.22. The minimum absolute atomic E-state index is 0.0289. The average molecular weight is 452 g/mol. The lowest BCUT2D eigenvalue weighted by Crippen LogP contribution is -2.33. The van der Waals surface area contributed by atoms with E-state index in [9.17, 15) is 23.3 Å². The van der Waals surface area contributed by atoms with Gasteiger partial charge in [0.1, 0.15) is 11.5 Å². The molecule has 0 spiro atoms. The number of primary sulfonamides is 1. The number of nitrogens with one attached hydrogen (secondary N) is 1. The number of nitro benzene ring substituents is 1. The molecular formula is C21H16N4O6S. The van der Waals surface area contributed by atoms with E-state index in [4.69, 9.17) is 9.56 Å². The van der Waals surface area contributed by atoms with E-state index in [-0.39, 0.29) is 15.8 Å². The molecule has 0 bridgehead atoms. The van der Waals surface area contributed by atoms with Crippen molar-refractivity contribution in [3.05, 3.63) is 97.5 Å². The van der Waals surface area contributed by atoms with Crippen LogP contribution in [-0.2, 0) is 10.0 Å². The van der Waals surface area contributed by atoms with Crippen LogP contribution in [0.25, 0.3) is 29.7 Å². The van der Waals surface area contributed by atoms with Crippen molar-refractivity contribution in [2.75, 3.05) is 0 Å². The first kappa shape index (κ1) is 21.0. The largest absolute Gasteiger partial charge is 0.457 e. The predicted molar refractivity (Wildman–Crippen MR) is 117 cm³/mol. The number of aromatic amines is 1. The summed E-state index contributed by atoms with van der Waals surface area (Å²) in [5, 5.41) is 19.3. The van der Waals surface area contributed by atoms with Gasteiger partial charge in [-0.15, -0.1) is 0 Å². The number of rotatable bonds is 5. The number of nitrogens with two attached hydrogens (primary N) is 1. The number of hydrogen-bond donors (Lipinski definition) is 2. The van der Waals surface area contributed by atoms with Crippen molar-refractivity contribution >= 4 is 28.4 Å². The van der Waals surface area contributed by atoms with E-state index in [1.807, 2.05) is 0 Å². The lowest BCUT2D eigenvalue weighted by atomic mass is 10.1. The van der Waals surface area contributed by atoms with Crippen LogP contribution in [0.3, 0.4) is 0 Å². The lowest BCUT2D eigenvalue weighted by Gasteiger charge is -2.02.